The van der Waals surface area contributed by atoms with Crippen LogP contribution in [0.15, 0.2) is 18.3 Å². The lowest BCUT2D eigenvalue weighted by Gasteiger charge is -2.32. The summed E-state index contributed by atoms with van der Waals surface area (Å²) in [6.45, 7) is 1.83. The SMILES string of the molecule is O=C(NCc1ccnc(OC2CCCC2)c1)C1CCCN(C(=O)C2CC2)C1. The predicted octanol–water partition coefficient (Wildman–Crippen LogP) is 2.67. The number of amides is 2. The number of carbonyl (C=O) groups excluding carboxylic acids is 2. The number of aromatic nitrogens is 1. The van der Waals surface area contributed by atoms with Crippen LogP contribution in [0.5, 0.6) is 5.88 Å². The maximum Gasteiger partial charge on any atom is 0.225 e. The summed E-state index contributed by atoms with van der Waals surface area (Å²) in [5, 5.41) is 3.03. The Labute approximate surface area is 160 Å². The van der Waals surface area contributed by atoms with E-state index in [0.717, 1.165) is 50.6 Å². The maximum absolute atomic E-state index is 12.6. The van der Waals surface area contributed by atoms with Gasteiger partial charge in [-0.25, -0.2) is 4.98 Å². The molecule has 2 amide bonds. The van der Waals surface area contributed by atoms with Crippen molar-refractivity contribution in [3.63, 3.8) is 0 Å². The largest absolute Gasteiger partial charge is 0.474 e. The second-order valence-electron chi connectivity index (χ2n) is 8.14. The summed E-state index contributed by atoms with van der Waals surface area (Å²) in [5.41, 5.74) is 0.994. The molecule has 0 spiro atoms. The smallest absolute Gasteiger partial charge is 0.225 e. The Kier molecular flexibility index (Phi) is 5.60. The van der Waals surface area contributed by atoms with Gasteiger partial charge in [-0.3, -0.25) is 9.59 Å². The maximum atomic E-state index is 12.6. The minimum Gasteiger partial charge on any atom is -0.474 e. The molecule has 6 heteroatoms. The highest BCUT2D eigenvalue weighted by atomic mass is 16.5. The van der Waals surface area contributed by atoms with E-state index in [1.807, 2.05) is 17.0 Å². The summed E-state index contributed by atoms with van der Waals surface area (Å²) >= 11 is 0. The molecule has 27 heavy (non-hydrogen) atoms. The highest BCUT2D eigenvalue weighted by Crippen LogP contribution is 2.32. The van der Waals surface area contributed by atoms with Crippen molar-refractivity contribution in [2.45, 2.75) is 64.0 Å². The molecular formula is C21H29N3O3. The van der Waals surface area contributed by atoms with Crippen LogP contribution in [-0.2, 0) is 16.1 Å². The topological polar surface area (TPSA) is 71.5 Å². The summed E-state index contributed by atoms with van der Waals surface area (Å²) < 4.78 is 5.94. The number of ether oxygens (including phenoxy) is 1. The molecule has 1 N–H and O–H groups in total. The van der Waals surface area contributed by atoms with Gasteiger partial charge < -0.3 is 15.0 Å². The number of piperidine rings is 1. The van der Waals surface area contributed by atoms with Crippen molar-refractivity contribution in [2.24, 2.45) is 11.8 Å². The van der Waals surface area contributed by atoms with Gasteiger partial charge in [-0.15, -0.1) is 0 Å². The van der Waals surface area contributed by atoms with E-state index in [4.69, 9.17) is 4.74 Å². The summed E-state index contributed by atoms with van der Waals surface area (Å²) in [4.78, 5) is 31.0. The van der Waals surface area contributed by atoms with Gasteiger partial charge in [0.2, 0.25) is 17.7 Å². The first-order valence-electron chi connectivity index (χ1n) is 10.4. The number of nitrogens with one attached hydrogen (secondary N) is 1. The molecule has 1 aromatic heterocycles. The third-order valence-electron chi connectivity index (χ3n) is 5.89. The lowest BCUT2D eigenvalue weighted by atomic mass is 9.96. The fraction of sp³-hybridized carbons (Fsp3) is 0.667. The first kappa shape index (κ1) is 18.3. The van der Waals surface area contributed by atoms with Gasteiger partial charge in [0.1, 0.15) is 6.10 Å². The first-order chi connectivity index (χ1) is 13.2. The van der Waals surface area contributed by atoms with Gasteiger partial charge in [-0.05, 0) is 63.0 Å². The Bertz CT molecular complexity index is 683. The van der Waals surface area contributed by atoms with Gasteiger partial charge >= 0.3 is 0 Å². The Morgan fingerprint density at radius 1 is 1.11 bits per heavy atom. The van der Waals surface area contributed by atoms with Gasteiger partial charge in [0.25, 0.3) is 0 Å². The number of pyridine rings is 1. The monoisotopic (exact) mass is 371 g/mol. The number of carbonyl (C=O) groups is 2. The molecule has 1 saturated heterocycles. The van der Waals surface area contributed by atoms with Gasteiger partial charge in [-0.1, -0.05) is 0 Å². The van der Waals surface area contributed by atoms with Crippen LogP contribution in [0.2, 0.25) is 0 Å². The van der Waals surface area contributed by atoms with Crippen LogP contribution >= 0.6 is 0 Å². The Balaban J connectivity index is 1.27. The molecule has 2 heterocycles. The zero-order valence-corrected chi connectivity index (χ0v) is 15.9. The molecule has 0 aromatic carbocycles. The van der Waals surface area contributed by atoms with Gasteiger partial charge in [-0.2, -0.15) is 0 Å². The van der Waals surface area contributed by atoms with E-state index < -0.39 is 0 Å². The standard InChI is InChI=1S/C21H29N3O3/c25-20(17-4-3-11-24(14-17)21(26)16-7-8-16)23-13-15-9-10-22-19(12-15)27-18-5-1-2-6-18/h9-10,12,16-18H,1-8,11,13-14H2,(H,23,25). The van der Waals surface area contributed by atoms with E-state index in [9.17, 15) is 9.59 Å². The van der Waals surface area contributed by atoms with Crippen molar-refractivity contribution in [3.05, 3.63) is 23.9 Å². The van der Waals surface area contributed by atoms with Gasteiger partial charge in [0.05, 0.1) is 5.92 Å². The van der Waals surface area contributed by atoms with Crippen molar-refractivity contribution in [1.82, 2.24) is 15.2 Å². The van der Waals surface area contributed by atoms with Crippen LogP contribution in [0.4, 0.5) is 0 Å². The summed E-state index contributed by atoms with van der Waals surface area (Å²) in [5.74, 6) is 1.06. The van der Waals surface area contributed by atoms with E-state index in [2.05, 4.69) is 10.3 Å². The first-order valence-corrected chi connectivity index (χ1v) is 10.4. The third-order valence-corrected chi connectivity index (χ3v) is 5.89. The number of nitrogens with zero attached hydrogens (tertiary/aromatic N) is 2. The molecule has 0 bridgehead atoms. The fourth-order valence-corrected chi connectivity index (χ4v) is 4.12. The van der Waals surface area contributed by atoms with Crippen LogP contribution in [0.1, 0.15) is 56.9 Å². The molecule has 1 atom stereocenters. The summed E-state index contributed by atoms with van der Waals surface area (Å²) in [7, 11) is 0. The van der Waals surface area contributed by atoms with E-state index in [-0.39, 0.29) is 29.8 Å². The van der Waals surface area contributed by atoms with Crippen molar-refractivity contribution in [2.75, 3.05) is 13.1 Å². The van der Waals surface area contributed by atoms with Crippen LogP contribution in [-0.4, -0.2) is 40.9 Å². The zero-order chi connectivity index (χ0) is 18.6. The van der Waals surface area contributed by atoms with Crippen molar-refractivity contribution in [1.29, 1.82) is 0 Å². The molecule has 2 aliphatic carbocycles. The van der Waals surface area contributed by atoms with E-state index >= 15 is 0 Å². The second-order valence-corrected chi connectivity index (χ2v) is 8.14. The normalized spacial score (nSPS) is 23.3. The highest BCUT2D eigenvalue weighted by molar-refractivity contribution is 5.83. The molecule has 1 aromatic rings. The lowest BCUT2D eigenvalue weighted by Crippen LogP contribution is -2.45. The number of rotatable bonds is 6. The Hall–Kier alpha value is -2.11. The van der Waals surface area contributed by atoms with Crippen molar-refractivity contribution >= 4 is 11.8 Å². The molecule has 1 aliphatic heterocycles. The van der Waals surface area contributed by atoms with E-state index in [0.29, 0.717) is 19.0 Å². The minimum absolute atomic E-state index is 0.0402. The van der Waals surface area contributed by atoms with Crippen molar-refractivity contribution < 1.29 is 14.3 Å². The molecule has 0 radical (unpaired) electrons. The van der Waals surface area contributed by atoms with Crippen LogP contribution < -0.4 is 10.1 Å². The molecular weight excluding hydrogens is 342 g/mol. The van der Waals surface area contributed by atoms with Crippen LogP contribution in [0.25, 0.3) is 0 Å². The molecule has 3 aliphatic rings. The van der Waals surface area contributed by atoms with Gasteiger partial charge in [0.15, 0.2) is 0 Å². The van der Waals surface area contributed by atoms with E-state index in [1.165, 1.54) is 12.8 Å². The Morgan fingerprint density at radius 2 is 1.93 bits per heavy atom. The average molecular weight is 371 g/mol. The third kappa shape index (κ3) is 4.79. The van der Waals surface area contributed by atoms with Crippen LogP contribution in [0.3, 0.4) is 0 Å². The molecule has 3 fully saturated rings. The summed E-state index contributed by atoms with van der Waals surface area (Å²) in [6.07, 6.45) is 10.4. The number of hydrogen-bond acceptors (Lipinski definition) is 4. The summed E-state index contributed by atoms with van der Waals surface area (Å²) in [6, 6.07) is 3.83. The van der Waals surface area contributed by atoms with Gasteiger partial charge in [0, 0.05) is 37.8 Å². The molecule has 6 nitrogen and oxygen atoms in total. The number of hydrogen-bond donors (Lipinski definition) is 1. The van der Waals surface area contributed by atoms with Crippen molar-refractivity contribution in [3.8, 4) is 5.88 Å². The highest BCUT2D eigenvalue weighted by Gasteiger charge is 2.36. The second kappa shape index (κ2) is 8.28. The fourth-order valence-electron chi connectivity index (χ4n) is 4.12. The molecule has 1 unspecified atom stereocenters. The average Bonchev–Trinajstić information content (AvgIpc) is 3.43. The molecule has 146 valence electrons. The molecule has 2 saturated carbocycles. The van der Waals surface area contributed by atoms with E-state index in [1.54, 1.807) is 6.20 Å². The predicted molar refractivity (Wildman–Crippen MR) is 101 cm³/mol. The minimum atomic E-state index is -0.0995. The lowest BCUT2D eigenvalue weighted by molar-refractivity contribution is -0.136. The molecule has 4 rings (SSSR count). The van der Waals surface area contributed by atoms with Crippen LogP contribution in [0, 0.1) is 11.8 Å². The zero-order valence-electron chi connectivity index (χ0n) is 15.9. The quantitative estimate of drug-likeness (QED) is 0.834. The Morgan fingerprint density at radius 3 is 2.70 bits per heavy atom. The number of likely N-dealkylation sites (tertiary alicyclic amines) is 1.